The lowest BCUT2D eigenvalue weighted by atomic mass is 9.97. The fourth-order valence-electron chi connectivity index (χ4n) is 3.72. The summed E-state index contributed by atoms with van der Waals surface area (Å²) in [6.45, 7) is 5.88. The van der Waals surface area contributed by atoms with Crippen LogP contribution in [0.2, 0.25) is 0 Å². The number of fused-ring (bicyclic) bond motifs is 3. The molecule has 1 aliphatic heterocycles. The second kappa shape index (κ2) is 7.41. The van der Waals surface area contributed by atoms with Gasteiger partial charge < -0.3 is 4.74 Å². The highest BCUT2D eigenvalue weighted by Gasteiger charge is 2.24. The van der Waals surface area contributed by atoms with Gasteiger partial charge in [0.1, 0.15) is 4.83 Å². The Labute approximate surface area is 157 Å². The number of hydrogen-bond donors (Lipinski definition) is 0. The van der Waals surface area contributed by atoms with Crippen LogP contribution in [0, 0.1) is 5.92 Å². The molecule has 1 unspecified atom stereocenters. The van der Waals surface area contributed by atoms with Gasteiger partial charge in [-0.3, -0.25) is 9.36 Å². The summed E-state index contributed by atoms with van der Waals surface area (Å²) in [4.78, 5) is 20.7. The van der Waals surface area contributed by atoms with Gasteiger partial charge in [-0.25, -0.2) is 4.98 Å². The maximum atomic E-state index is 13.4. The van der Waals surface area contributed by atoms with Crippen LogP contribution in [0.1, 0.15) is 50.0 Å². The van der Waals surface area contributed by atoms with Gasteiger partial charge in [-0.15, -0.1) is 11.3 Å². The minimum atomic E-state index is 0.157. The molecule has 4 nitrogen and oxygen atoms in total. The van der Waals surface area contributed by atoms with Crippen LogP contribution in [-0.2, 0) is 24.1 Å². The van der Waals surface area contributed by atoms with E-state index in [4.69, 9.17) is 9.72 Å². The molecule has 0 spiro atoms. The second-order valence-corrected chi connectivity index (χ2v) is 9.61. The van der Waals surface area contributed by atoms with Crippen molar-refractivity contribution in [1.82, 2.24) is 9.55 Å². The van der Waals surface area contributed by atoms with Crippen LogP contribution in [0.15, 0.2) is 9.95 Å². The lowest BCUT2D eigenvalue weighted by Crippen LogP contribution is -2.29. The van der Waals surface area contributed by atoms with E-state index in [1.54, 1.807) is 23.1 Å². The minimum absolute atomic E-state index is 0.157. The van der Waals surface area contributed by atoms with Gasteiger partial charge in [0.15, 0.2) is 5.16 Å². The minimum Gasteiger partial charge on any atom is -0.376 e. The Kier molecular flexibility index (Phi) is 5.20. The van der Waals surface area contributed by atoms with E-state index in [0.717, 1.165) is 53.4 Å². The average Bonchev–Trinajstić information content (AvgIpc) is 3.22. The van der Waals surface area contributed by atoms with E-state index in [1.807, 2.05) is 4.57 Å². The second-order valence-electron chi connectivity index (χ2n) is 7.54. The quantitative estimate of drug-likeness (QED) is 0.576. The van der Waals surface area contributed by atoms with Gasteiger partial charge in [0.05, 0.1) is 18.0 Å². The molecule has 2 aromatic heterocycles. The number of hydrogen-bond acceptors (Lipinski definition) is 5. The van der Waals surface area contributed by atoms with E-state index >= 15 is 0 Å². The maximum Gasteiger partial charge on any atom is 0.263 e. The molecule has 6 heteroatoms. The summed E-state index contributed by atoms with van der Waals surface area (Å²) in [5.74, 6) is 1.56. The molecule has 1 saturated heterocycles. The lowest BCUT2D eigenvalue weighted by molar-refractivity contribution is 0.0937. The highest BCUT2D eigenvalue weighted by atomic mass is 32.2. The largest absolute Gasteiger partial charge is 0.376 e. The molecular formula is C19H26N2O2S2. The van der Waals surface area contributed by atoms with Crippen molar-refractivity contribution < 1.29 is 4.74 Å². The monoisotopic (exact) mass is 378 g/mol. The third-order valence-electron chi connectivity index (χ3n) is 5.00. The van der Waals surface area contributed by atoms with Crippen molar-refractivity contribution in [2.75, 3.05) is 12.4 Å². The number of thioether (sulfide) groups is 1. The van der Waals surface area contributed by atoms with Crippen molar-refractivity contribution in [3.05, 3.63) is 20.8 Å². The van der Waals surface area contributed by atoms with Crippen molar-refractivity contribution in [3.8, 4) is 0 Å². The molecule has 0 radical (unpaired) electrons. The molecule has 0 aromatic carbocycles. The first-order valence-corrected chi connectivity index (χ1v) is 11.2. The standard InChI is InChI=1S/C19H26N2O2S2/c1-12(2)11-24-19-20-17-16(14-7-3-4-8-15(14)25-17)18(22)21(19)10-13-6-5-9-23-13/h12-13H,3-11H2,1-2H3. The molecule has 2 aromatic rings. The van der Waals surface area contributed by atoms with Crippen LogP contribution in [0.5, 0.6) is 0 Å². The molecule has 25 heavy (non-hydrogen) atoms. The van der Waals surface area contributed by atoms with Crippen LogP contribution in [-0.4, -0.2) is 28.0 Å². The number of rotatable bonds is 5. The summed E-state index contributed by atoms with van der Waals surface area (Å²) in [5.41, 5.74) is 1.44. The Bertz CT molecular complexity index is 819. The van der Waals surface area contributed by atoms with E-state index < -0.39 is 0 Å². The predicted molar refractivity (Wildman–Crippen MR) is 105 cm³/mol. The molecule has 0 amide bonds. The highest BCUT2D eigenvalue weighted by Crippen LogP contribution is 2.35. The normalized spacial score (nSPS) is 20.5. The van der Waals surface area contributed by atoms with E-state index in [2.05, 4.69) is 13.8 Å². The number of nitrogens with zero attached hydrogens (tertiary/aromatic N) is 2. The Hall–Kier alpha value is -0.850. The van der Waals surface area contributed by atoms with Crippen LogP contribution in [0.25, 0.3) is 10.2 Å². The molecule has 1 fully saturated rings. The van der Waals surface area contributed by atoms with E-state index in [0.29, 0.717) is 12.5 Å². The zero-order valence-corrected chi connectivity index (χ0v) is 16.7. The van der Waals surface area contributed by atoms with E-state index in [1.165, 1.54) is 23.3 Å². The van der Waals surface area contributed by atoms with Crippen molar-refractivity contribution in [2.24, 2.45) is 5.92 Å². The van der Waals surface area contributed by atoms with E-state index in [-0.39, 0.29) is 11.7 Å². The third kappa shape index (κ3) is 3.53. The summed E-state index contributed by atoms with van der Waals surface area (Å²) in [6, 6.07) is 0. The fraction of sp³-hybridized carbons (Fsp3) is 0.684. The summed E-state index contributed by atoms with van der Waals surface area (Å²) >= 11 is 3.46. The van der Waals surface area contributed by atoms with Gasteiger partial charge in [-0.05, 0) is 50.0 Å². The molecule has 3 heterocycles. The van der Waals surface area contributed by atoms with Crippen LogP contribution in [0.3, 0.4) is 0 Å². The number of thiophene rings is 1. The first-order valence-electron chi connectivity index (χ1n) is 9.43. The summed E-state index contributed by atoms with van der Waals surface area (Å²) in [5, 5.41) is 1.77. The summed E-state index contributed by atoms with van der Waals surface area (Å²) < 4.78 is 7.71. The molecule has 0 N–H and O–H groups in total. The Balaban J connectivity index is 1.80. The predicted octanol–water partition coefficient (Wildman–Crippen LogP) is 4.26. The number of ether oxygens (including phenoxy) is 1. The molecule has 4 rings (SSSR count). The smallest absolute Gasteiger partial charge is 0.263 e. The van der Waals surface area contributed by atoms with Gasteiger partial charge in [-0.2, -0.15) is 0 Å². The molecule has 1 atom stereocenters. The zero-order chi connectivity index (χ0) is 17.4. The molecule has 136 valence electrons. The molecule has 1 aliphatic carbocycles. The van der Waals surface area contributed by atoms with Crippen LogP contribution >= 0.6 is 23.1 Å². The van der Waals surface area contributed by atoms with Crippen LogP contribution < -0.4 is 5.56 Å². The Morgan fingerprint density at radius 3 is 2.92 bits per heavy atom. The maximum absolute atomic E-state index is 13.4. The van der Waals surface area contributed by atoms with Crippen molar-refractivity contribution in [1.29, 1.82) is 0 Å². The number of aromatic nitrogens is 2. The summed E-state index contributed by atoms with van der Waals surface area (Å²) in [6.07, 6.45) is 6.86. The zero-order valence-electron chi connectivity index (χ0n) is 15.0. The van der Waals surface area contributed by atoms with Crippen molar-refractivity contribution >= 4 is 33.3 Å². The topological polar surface area (TPSA) is 44.1 Å². The lowest BCUT2D eigenvalue weighted by Gasteiger charge is -2.17. The molecule has 2 aliphatic rings. The highest BCUT2D eigenvalue weighted by molar-refractivity contribution is 7.99. The Morgan fingerprint density at radius 2 is 2.16 bits per heavy atom. The Morgan fingerprint density at radius 1 is 1.32 bits per heavy atom. The van der Waals surface area contributed by atoms with E-state index in [9.17, 15) is 4.79 Å². The van der Waals surface area contributed by atoms with Gasteiger partial charge in [0.25, 0.3) is 5.56 Å². The van der Waals surface area contributed by atoms with Crippen molar-refractivity contribution in [3.63, 3.8) is 0 Å². The van der Waals surface area contributed by atoms with Gasteiger partial charge in [-0.1, -0.05) is 25.6 Å². The fourth-order valence-corrected chi connectivity index (χ4v) is 5.99. The van der Waals surface area contributed by atoms with Crippen LogP contribution in [0.4, 0.5) is 0 Å². The van der Waals surface area contributed by atoms with Crippen molar-refractivity contribution in [2.45, 2.75) is 70.2 Å². The first-order chi connectivity index (χ1) is 12.1. The SMILES string of the molecule is CC(C)CSc1nc2sc3c(c2c(=O)n1CC1CCCO1)CCCC3. The molecule has 0 bridgehead atoms. The first kappa shape index (κ1) is 17.6. The average molecular weight is 379 g/mol. The third-order valence-corrected chi connectivity index (χ3v) is 7.58. The van der Waals surface area contributed by atoms with Gasteiger partial charge >= 0.3 is 0 Å². The van der Waals surface area contributed by atoms with Gasteiger partial charge in [0, 0.05) is 17.2 Å². The number of aryl methyl sites for hydroxylation is 2. The molecular weight excluding hydrogens is 352 g/mol. The molecule has 0 saturated carbocycles. The summed E-state index contributed by atoms with van der Waals surface area (Å²) in [7, 11) is 0. The van der Waals surface area contributed by atoms with Gasteiger partial charge in [0.2, 0.25) is 0 Å².